The summed E-state index contributed by atoms with van der Waals surface area (Å²) < 4.78 is 1.74. The van der Waals surface area contributed by atoms with Crippen molar-refractivity contribution in [1.82, 2.24) is 25.3 Å². The molecule has 0 aliphatic carbocycles. The van der Waals surface area contributed by atoms with E-state index in [0.717, 1.165) is 33.8 Å². The first kappa shape index (κ1) is 16.0. The predicted octanol–water partition coefficient (Wildman–Crippen LogP) is 2.51. The number of carbonyl (C=O) groups excluding carboxylic acids is 1. The van der Waals surface area contributed by atoms with Crippen LogP contribution in [0, 0.1) is 20.8 Å². The Balaban J connectivity index is 1.65. The Morgan fingerprint density at radius 2 is 1.96 bits per heavy atom. The van der Waals surface area contributed by atoms with Gasteiger partial charge in [0, 0.05) is 17.8 Å². The molecule has 24 heavy (non-hydrogen) atoms. The van der Waals surface area contributed by atoms with E-state index in [0.29, 0.717) is 6.54 Å². The molecule has 2 aromatic heterocycles. The first-order valence-electron chi connectivity index (χ1n) is 7.91. The summed E-state index contributed by atoms with van der Waals surface area (Å²) in [5.74, 6) is -0.0687. The van der Waals surface area contributed by atoms with E-state index in [4.69, 9.17) is 0 Å². The van der Waals surface area contributed by atoms with E-state index in [9.17, 15) is 4.79 Å². The molecule has 1 aromatic carbocycles. The van der Waals surface area contributed by atoms with Gasteiger partial charge in [-0.05, 0) is 31.9 Å². The van der Waals surface area contributed by atoms with Crippen LogP contribution in [0.1, 0.15) is 22.5 Å². The lowest BCUT2D eigenvalue weighted by atomic mass is 10.1. The van der Waals surface area contributed by atoms with Crippen molar-refractivity contribution in [2.45, 2.75) is 33.9 Å². The number of amides is 1. The fourth-order valence-corrected chi connectivity index (χ4v) is 2.63. The van der Waals surface area contributed by atoms with Crippen LogP contribution in [0.3, 0.4) is 0 Å². The van der Waals surface area contributed by atoms with Gasteiger partial charge in [-0.3, -0.25) is 14.6 Å². The molecule has 0 fully saturated rings. The smallest absolute Gasteiger partial charge is 0.242 e. The highest BCUT2D eigenvalue weighted by atomic mass is 16.2. The van der Waals surface area contributed by atoms with Gasteiger partial charge in [-0.25, -0.2) is 0 Å². The Hall–Kier alpha value is -2.89. The van der Waals surface area contributed by atoms with Gasteiger partial charge >= 0.3 is 0 Å². The van der Waals surface area contributed by atoms with Gasteiger partial charge in [-0.15, -0.1) is 0 Å². The predicted molar refractivity (Wildman–Crippen MR) is 92.3 cm³/mol. The van der Waals surface area contributed by atoms with E-state index in [-0.39, 0.29) is 12.5 Å². The summed E-state index contributed by atoms with van der Waals surface area (Å²) in [7, 11) is 0. The number of carbonyl (C=O) groups is 1. The first-order valence-corrected chi connectivity index (χ1v) is 7.91. The minimum atomic E-state index is -0.0687. The number of hydrogen-bond acceptors (Lipinski definition) is 3. The summed E-state index contributed by atoms with van der Waals surface area (Å²) in [4.78, 5) is 12.2. The molecule has 0 unspecified atom stereocenters. The number of nitrogens with one attached hydrogen (secondary N) is 2. The van der Waals surface area contributed by atoms with Crippen molar-refractivity contribution in [3.05, 3.63) is 59.0 Å². The maximum Gasteiger partial charge on any atom is 0.242 e. The van der Waals surface area contributed by atoms with Crippen LogP contribution in [0.25, 0.3) is 11.3 Å². The van der Waals surface area contributed by atoms with Crippen molar-refractivity contribution in [3.8, 4) is 11.3 Å². The zero-order valence-electron chi connectivity index (χ0n) is 14.1. The maximum absolute atomic E-state index is 12.2. The summed E-state index contributed by atoms with van der Waals surface area (Å²) in [5, 5.41) is 14.4. The third kappa shape index (κ3) is 3.22. The van der Waals surface area contributed by atoms with Crippen LogP contribution in [0.15, 0.2) is 36.5 Å². The molecular weight excluding hydrogens is 302 g/mol. The van der Waals surface area contributed by atoms with E-state index in [2.05, 4.69) is 20.6 Å². The van der Waals surface area contributed by atoms with Gasteiger partial charge in [0.1, 0.15) is 6.54 Å². The summed E-state index contributed by atoms with van der Waals surface area (Å²) in [6, 6.07) is 9.94. The topological polar surface area (TPSA) is 75.6 Å². The third-order valence-corrected chi connectivity index (χ3v) is 4.29. The van der Waals surface area contributed by atoms with Crippen LogP contribution in [0.5, 0.6) is 0 Å². The monoisotopic (exact) mass is 323 g/mol. The Kier molecular flexibility index (Phi) is 4.46. The van der Waals surface area contributed by atoms with E-state index in [1.165, 1.54) is 0 Å². The van der Waals surface area contributed by atoms with Crippen LogP contribution in [-0.2, 0) is 17.9 Å². The number of nitrogens with zero attached hydrogens (tertiary/aromatic N) is 3. The molecule has 3 rings (SSSR count). The molecule has 0 radical (unpaired) electrons. The Labute approximate surface area is 140 Å². The van der Waals surface area contributed by atoms with Crippen LogP contribution >= 0.6 is 0 Å². The maximum atomic E-state index is 12.2. The van der Waals surface area contributed by atoms with Crippen molar-refractivity contribution < 1.29 is 4.79 Å². The minimum Gasteiger partial charge on any atom is -0.350 e. The lowest BCUT2D eigenvalue weighted by Crippen LogP contribution is -2.28. The molecule has 1 amide bonds. The quantitative estimate of drug-likeness (QED) is 0.757. The molecule has 0 atom stereocenters. The number of aromatic nitrogens is 4. The summed E-state index contributed by atoms with van der Waals surface area (Å²) >= 11 is 0. The fraction of sp³-hybridized carbons (Fsp3) is 0.278. The summed E-state index contributed by atoms with van der Waals surface area (Å²) in [6.07, 6.45) is 1.75. The van der Waals surface area contributed by atoms with Gasteiger partial charge in [0.05, 0.1) is 17.6 Å². The van der Waals surface area contributed by atoms with Gasteiger partial charge in [-0.1, -0.05) is 30.3 Å². The number of rotatable bonds is 5. The number of benzene rings is 1. The van der Waals surface area contributed by atoms with Gasteiger partial charge < -0.3 is 5.32 Å². The standard InChI is InChI=1S/C18H21N5O/c1-12-13(2)22-23(14(12)3)11-17(24)19-9-16-10-20-21-18(16)15-7-5-4-6-8-15/h4-8,10H,9,11H2,1-3H3,(H,19,24)(H,20,21). The number of aromatic amines is 1. The van der Waals surface area contributed by atoms with Gasteiger partial charge in [0.15, 0.2) is 0 Å². The van der Waals surface area contributed by atoms with E-state index in [1.807, 2.05) is 51.1 Å². The molecule has 2 heterocycles. The molecule has 3 aromatic rings. The zero-order chi connectivity index (χ0) is 17.1. The van der Waals surface area contributed by atoms with Crippen molar-refractivity contribution in [2.24, 2.45) is 0 Å². The van der Waals surface area contributed by atoms with Gasteiger partial charge in [0.25, 0.3) is 0 Å². The second-order valence-electron chi connectivity index (χ2n) is 5.87. The molecule has 0 spiro atoms. The van der Waals surface area contributed by atoms with E-state index in [1.54, 1.807) is 10.9 Å². The molecule has 0 bridgehead atoms. The Bertz CT molecular complexity index is 848. The minimum absolute atomic E-state index is 0.0687. The highest BCUT2D eigenvalue weighted by molar-refractivity contribution is 5.76. The molecular formula is C18H21N5O. The average molecular weight is 323 g/mol. The van der Waals surface area contributed by atoms with E-state index < -0.39 is 0 Å². The SMILES string of the molecule is Cc1nn(CC(=O)NCc2cn[nH]c2-c2ccccc2)c(C)c1C. The average Bonchev–Trinajstić information content (AvgIpc) is 3.15. The molecule has 6 heteroatoms. The Morgan fingerprint density at radius 1 is 1.21 bits per heavy atom. The lowest BCUT2D eigenvalue weighted by molar-refractivity contribution is -0.122. The number of aryl methyl sites for hydroxylation is 1. The fourth-order valence-electron chi connectivity index (χ4n) is 2.63. The second kappa shape index (κ2) is 6.70. The van der Waals surface area contributed by atoms with Crippen LogP contribution in [-0.4, -0.2) is 25.9 Å². The first-order chi connectivity index (χ1) is 11.6. The number of hydrogen-bond donors (Lipinski definition) is 2. The van der Waals surface area contributed by atoms with Crippen LogP contribution in [0.4, 0.5) is 0 Å². The van der Waals surface area contributed by atoms with Crippen molar-refractivity contribution >= 4 is 5.91 Å². The van der Waals surface area contributed by atoms with Crippen molar-refractivity contribution in [2.75, 3.05) is 0 Å². The highest BCUT2D eigenvalue weighted by Crippen LogP contribution is 2.20. The van der Waals surface area contributed by atoms with E-state index >= 15 is 0 Å². The van der Waals surface area contributed by atoms with Crippen LogP contribution < -0.4 is 5.32 Å². The van der Waals surface area contributed by atoms with Gasteiger partial charge in [0.2, 0.25) is 5.91 Å². The normalized spacial score (nSPS) is 10.8. The molecule has 0 saturated heterocycles. The van der Waals surface area contributed by atoms with Crippen LogP contribution in [0.2, 0.25) is 0 Å². The van der Waals surface area contributed by atoms with Crippen molar-refractivity contribution in [1.29, 1.82) is 0 Å². The lowest BCUT2D eigenvalue weighted by Gasteiger charge is -2.08. The molecule has 0 aliphatic rings. The van der Waals surface area contributed by atoms with Gasteiger partial charge in [-0.2, -0.15) is 10.2 Å². The highest BCUT2D eigenvalue weighted by Gasteiger charge is 2.12. The second-order valence-corrected chi connectivity index (χ2v) is 5.87. The summed E-state index contributed by atoms with van der Waals surface area (Å²) in [5.41, 5.74) is 6.05. The Morgan fingerprint density at radius 3 is 2.62 bits per heavy atom. The molecule has 124 valence electrons. The third-order valence-electron chi connectivity index (χ3n) is 4.29. The molecule has 0 saturated carbocycles. The summed E-state index contributed by atoms with van der Waals surface area (Å²) in [6.45, 7) is 6.60. The molecule has 6 nitrogen and oxygen atoms in total. The largest absolute Gasteiger partial charge is 0.350 e. The molecule has 2 N–H and O–H groups in total. The number of H-pyrrole nitrogens is 1. The zero-order valence-corrected chi connectivity index (χ0v) is 14.1. The van der Waals surface area contributed by atoms with Crippen molar-refractivity contribution in [3.63, 3.8) is 0 Å². The molecule has 0 aliphatic heterocycles.